The lowest BCUT2D eigenvalue weighted by Crippen LogP contribution is -2.34. The Kier molecular flexibility index (Phi) is 19.0. The van der Waals surface area contributed by atoms with E-state index in [0.717, 1.165) is 69.3 Å². The summed E-state index contributed by atoms with van der Waals surface area (Å²) in [6.07, 6.45) is 3.52. The lowest BCUT2D eigenvalue weighted by atomic mass is 9.97. The molecule has 3 saturated heterocycles. The summed E-state index contributed by atoms with van der Waals surface area (Å²) in [6.45, 7) is 4.52. The van der Waals surface area contributed by atoms with Gasteiger partial charge in [0.05, 0.1) is 43.9 Å². The van der Waals surface area contributed by atoms with E-state index >= 15 is 0 Å². The highest BCUT2D eigenvalue weighted by molar-refractivity contribution is 6.05. The normalized spacial score (nSPS) is 13.9. The SMILES string of the molecule is C.COc1ccc(-c2cc(C(C)=O)nc3cc(CN4C(=O)CCC4=O)ccc23)c(F)c1.COc1ccc(-c2cc(C(C)=O)nc3cc(CN4C(=O)CCC4=O)ccc23)cc1.NC(=O)c1cc(-c2ccc(F)cc2)c2ccc(CN3CCCCC3=O)cc2n1. The summed E-state index contributed by atoms with van der Waals surface area (Å²) in [6, 6.07) is 39.9. The number of rotatable bonds is 14. The van der Waals surface area contributed by atoms with Gasteiger partial charge in [-0.1, -0.05) is 68.1 Å². The average molecular weight is 1190 g/mol. The third-order valence-corrected chi connectivity index (χ3v) is 15.4. The van der Waals surface area contributed by atoms with Crippen LogP contribution >= 0.6 is 0 Å². The van der Waals surface area contributed by atoms with Gasteiger partial charge in [0.2, 0.25) is 29.5 Å². The monoisotopic (exact) mass is 1190 g/mol. The zero-order valence-electron chi connectivity index (χ0n) is 48.2. The molecule has 88 heavy (non-hydrogen) atoms. The van der Waals surface area contributed by atoms with Crippen molar-refractivity contribution in [3.63, 3.8) is 0 Å². The Morgan fingerprint density at radius 3 is 1.33 bits per heavy atom. The summed E-state index contributed by atoms with van der Waals surface area (Å²) in [5, 5.41) is 2.39. The van der Waals surface area contributed by atoms with E-state index in [9.17, 15) is 47.1 Å². The van der Waals surface area contributed by atoms with Gasteiger partial charge in [-0.2, -0.15) is 0 Å². The predicted molar refractivity (Wildman–Crippen MR) is 329 cm³/mol. The van der Waals surface area contributed by atoms with Crippen LogP contribution in [0.25, 0.3) is 66.1 Å². The van der Waals surface area contributed by atoms with E-state index in [-0.39, 0.29) is 105 Å². The molecule has 19 heteroatoms. The molecule has 0 unspecified atom stereocenters. The van der Waals surface area contributed by atoms with Gasteiger partial charge in [0.15, 0.2) is 11.6 Å². The van der Waals surface area contributed by atoms with Crippen LogP contribution in [-0.2, 0) is 43.6 Å². The minimum Gasteiger partial charge on any atom is -0.497 e. The second-order valence-electron chi connectivity index (χ2n) is 21.3. The number of ketones is 2. The molecule has 3 aliphatic rings. The van der Waals surface area contributed by atoms with Crippen LogP contribution in [0.5, 0.6) is 11.5 Å². The van der Waals surface area contributed by atoms with Crippen LogP contribution in [0, 0.1) is 11.6 Å². The van der Waals surface area contributed by atoms with E-state index < -0.39 is 11.7 Å². The van der Waals surface area contributed by atoms with Crippen LogP contribution in [0.15, 0.2) is 140 Å². The van der Waals surface area contributed by atoms with Gasteiger partial charge in [0, 0.05) is 86.8 Å². The molecular formula is C69H63F2N7O10. The summed E-state index contributed by atoms with van der Waals surface area (Å²) in [4.78, 5) is 113. The van der Waals surface area contributed by atoms with Crippen LogP contribution in [0.1, 0.15) is 114 Å². The lowest BCUT2D eigenvalue weighted by Gasteiger charge is -2.26. The maximum Gasteiger partial charge on any atom is 0.267 e. The number of methoxy groups -OCH3 is 2. The summed E-state index contributed by atoms with van der Waals surface area (Å²) in [5.41, 5.74) is 14.6. The van der Waals surface area contributed by atoms with Gasteiger partial charge in [0.25, 0.3) is 5.91 Å². The number of piperidine rings is 1. The molecular weight excluding hydrogens is 1120 g/mol. The quantitative estimate of drug-likeness (QED) is 0.0790. The number of benzene rings is 6. The second-order valence-corrected chi connectivity index (χ2v) is 21.3. The fourth-order valence-electron chi connectivity index (χ4n) is 10.8. The minimum absolute atomic E-state index is 0. The number of hydrogen-bond acceptors (Lipinski definition) is 13. The molecule has 6 aromatic carbocycles. The number of likely N-dealkylation sites (tertiary alicyclic amines) is 3. The molecule has 0 spiro atoms. The number of carbonyl (C=O) groups is 8. The Morgan fingerprint density at radius 1 is 0.466 bits per heavy atom. The van der Waals surface area contributed by atoms with Crippen LogP contribution in [0.4, 0.5) is 8.78 Å². The molecule has 12 rings (SSSR count). The van der Waals surface area contributed by atoms with Gasteiger partial charge in [-0.15, -0.1) is 0 Å². The minimum atomic E-state index is -0.623. The van der Waals surface area contributed by atoms with E-state index in [2.05, 4.69) is 15.0 Å². The molecule has 6 heterocycles. The Labute approximate surface area is 506 Å². The van der Waals surface area contributed by atoms with Gasteiger partial charge < -0.3 is 20.1 Å². The molecule has 3 aromatic heterocycles. The number of fused-ring (bicyclic) bond motifs is 3. The molecule has 0 aliphatic carbocycles. The van der Waals surface area contributed by atoms with Gasteiger partial charge in [-0.05, 0) is 130 Å². The number of carbonyl (C=O) groups excluding carboxylic acids is 8. The molecule has 0 bridgehead atoms. The van der Waals surface area contributed by atoms with Crippen LogP contribution in [0.3, 0.4) is 0 Å². The maximum absolute atomic E-state index is 14.8. The van der Waals surface area contributed by atoms with Gasteiger partial charge in [-0.25, -0.2) is 23.7 Å². The van der Waals surface area contributed by atoms with E-state index in [1.54, 1.807) is 67.8 Å². The first-order valence-corrected chi connectivity index (χ1v) is 28.2. The number of amides is 6. The number of nitrogens with zero attached hydrogens (tertiary/aromatic N) is 6. The van der Waals surface area contributed by atoms with Crippen molar-refractivity contribution in [1.29, 1.82) is 0 Å². The first-order chi connectivity index (χ1) is 41.8. The van der Waals surface area contributed by atoms with Crippen molar-refractivity contribution in [1.82, 2.24) is 29.7 Å². The molecule has 2 N–H and O–H groups in total. The predicted octanol–water partition coefficient (Wildman–Crippen LogP) is 12.0. The maximum atomic E-state index is 14.8. The third kappa shape index (κ3) is 13.8. The summed E-state index contributed by atoms with van der Waals surface area (Å²) >= 11 is 0. The zero-order chi connectivity index (χ0) is 61.6. The Hall–Kier alpha value is -10.4. The third-order valence-electron chi connectivity index (χ3n) is 15.4. The summed E-state index contributed by atoms with van der Waals surface area (Å²) in [5.74, 6) is -1.21. The van der Waals surface area contributed by atoms with Crippen LogP contribution < -0.4 is 15.2 Å². The van der Waals surface area contributed by atoms with Crippen molar-refractivity contribution in [2.45, 2.75) is 85.9 Å². The van der Waals surface area contributed by atoms with Crippen LogP contribution in [-0.4, -0.2) is 97.4 Å². The molecule has 3 fully saturated rings. The van der Waals surface area contributed by atoms with Crippen molar-refractivity contribution in [3.05, 3.63) is 185 Å². The number of hydrogen-bond donors (Lipinski definition) is 1. The summed E-state index contributed by atoms with van der Waals surface area (Å²) in [7, 11) is 3.07. The highest BCUT2D eigenvalue weighted by Crippen LogP contribution is 2.36. The average Bonchev–Trinajstić information content (AvgIpc) is 1.58. The lowest BCUT2D eigenvalue weighted by molar-refractivity contribution is -0.140. The van der Waals surface area contributed by atoms with E-state index in [4.69, 9.17) is 15.2 Å². The molecule has 9 aromatic rings. The fraction of sp³-hybridized carbons (Fsp3) is 0.232. The largest absolute Gasteiger partial charge is 0.497 e. The van der Waals surface area contributed by atoms with Crippen LogP contribution in [0.2, 0.25) is 0 Å². The number of primary amides is 1. The van der Waals surface area contributed by atoms with Gasteiger partial charge >= 0.3 is 0 Å². The number of aromatic nitrogens is 3. The number of pyridine rings is 3. The number of Topliss-reactive ketones (excluding diaryl/α,β-unsaturated/α-hetero) is 2. The second kappa shape index (κ2) is 26.9. The van der Waals surface area contributed by atoms with Gasteiger partial charge in [0.1, 0.15) is 40.2 Å². The highest BCUT2D eigenvalue weighted by Gasteiger charge is 2.30. The molecule has 17 nitrogen and oxygen atoms in total. The smallest absolute Gasteiger partial charge is 0.267 e. The van der Waals surface area contributed by atoms with Crippen molar-refractivity contribution >= 4 is 79.7 Å². The fourth-order valence-corrected chi connectivity index (χ4v) is 10.8. The molecule has 448 valence electrons. The van der Waals surface area contributed by atoms with E-state index in [1.165, 1.54) is 49.0 Å². The van der Waals surface area contributed by atoms with Gasteiger partial charge in [-0.3, -0.25) is 48.2 Å². The number of nitrogens with two attached hydrogens (primary N) is 1. The standard InChI is InChI=1S/C23H19FN2O4.C23H20N2O4.C22H20FN3O2.CH4/c1-13(27)20-11-18(16-6-4-15(30-2)10-19(16)24)17-5-3-14(9-21(17)25-20)12-26-22(28)7-8-23(26)29;1-14(26)20-12-19(16-4-6-17(29-2)7-5-16)18-8-3-15(11-21(18)24-20)13-25-22(27)9-10-23(25)28;23-16-7-5-15(6-8-16)18-12-20(22(24)28)25-19-11-14(4-9-17(18)19)13-26-10-2-1-3-21(26)27;/h3-6,9-11H,7-8,12H2,1-2H3;3-8,11-12H,9-10,13H2,1-2H3;4-9,11-12H,1-3,10,13H2,(H2,24,28);1H4. The topological polar surface area (TPSA) is 229 Å². The highest BCUT2D eigenvalue weighted by atomic mass is 19.1. The molecule has 0 radical (unpaired) electrons. The zero-order valence-corrected chi connectivity index (χ0v) is 48.2. The summed E-state index contributed by atoms with van der Waals surface area (Å²) < 4.78 is 38.4. The number of imide groups is 2. The van der Waals surface area contributed by atoms with E-state index in [0.29, 0.717) is 63.0 Å². The number of halogens is 2. The molecule has 6 amide bonds. The first-order valence-electron chi connectivity index (χ1n) is 28.2. The molecule has 0 atom stereocenters. The Morgan fingerprint density at radius 2 is 0.886 bits per heavy atom. The Balaban J connectivity index is 0.000000156. The van der Waals surface area contributed by atoms with E-state index in [1.807, 2.05) is 65.6 Å². The molecule has 3 aliphatic heterocycles. The Bertz CT molecular complexity index is 4240. The first kappa shape index (κ1) is 62.1. The van der Waals surface area contributed by atoms with Crippen molar-refractivity contribution in [2.75, 3.05) is 20.8 Å². The van der Waals surface area contributed by atoms with Crippen molar-refractivity contribution in [3.8, 4) is 44.9 Å². The molecule has 0 saturated carbocycles. The van der Waals surface area contributed by atoms with Crippen molar-refractivity contribution < 1.29 is 56.6 Å². The van der Waals surface area contributed by atoms with Crippen molar-refractivity contribution in [2.24, 2.45) is 5.73 Å². The number of ether oxygens (including phenoxy) is 2.